The van der Waals surface area contributed by atoms with E-state index >= 15 is 0 Å². The number of aryl methyl sites for hydroxylation is 1. The Morgan fingerprint density at radius 3 is 2.64 bits per heavy atom. The van der Waals surface area contributed by atoms with Crippen molar-refractivity contribution in [1.82, 2.24) is 0 Å². The Balaban J connectivity index is 3.45. The lowest BCUT2D eigenvalue weighted by atomic mass is 10.1. The molecule has 0 radical (unpaired) electrons. The van der Waals surface area contributed by atoms with Crippen LogP contribution in [0.5, 0.6) is 5.75 Å². The van der Waals surface area contributed by atoms with Crippen molar-refractivity contribution in [3.05, 3.63) is 28.8 Å². The average Bonchev–Trinajstić information content (AvgIpc) is 2.16. The van der Waals surface area contributed by atoms with E-state index in [2.05, 4.69) is 0 Å². The Labute approximate surface area is 81.4 Å². The number of benzene rings is 1. The van der Waals surface area contributed by atoms with Crippen LogP contribution in [0.3, 0.4) is 0 Å². The molecular formula is C10H9NO3. The minimum absolute atomic E-state index is 0.0176. The van der Waals surface area contributed by atoms with Crippen molar-refractivity contribution in [2.45, 2.75) is 6.92 Å². The fraction of sp³-hybridized carbons (Fsp3) is 0.200. The molecule has 0 heterocycles. The van der Waals surface area contributed by atoms with Gasteiger partial charge in [-0.05, 0) is 24.6 Å². The maximum Gasteiger partial charge on any atom is 0.339 e. The lowest BCUT2D eigenvalue weighted by Crippen LogP contribution is -2.02. The summed E-state index contributed by atoms with van der Waals surface area (Å²) in [6.07, 6.45) is 0. The maximum absolute atomic E-state index is 10.8. The van der Waals surface area contributed by atoms with Crippen LogP contribution in [-0.4, -0.2) is 18.2 Å². The van der Waals surface area contributed by atoms with Crippen LogP contribution in [-0.2, 0) is 0 Å². The van der Waals surface area contributed by atoms with Crippen LogP contribution in [0, 0.1) is 18.3 Å². The summed E-state index contributed by atoms with van der Waals surface area (Å²) in [5.41, 5.74) is 0.980. The molecule has 72 valence electrons. The van der Waals surface area contributed by atoms with Crippen LogP contribution in [0.2, 0.25) is 0 Å². The average molecular weight is 191 g/mol. The van der Waals surface area contributed by atoms with Gasteiger partial charge in [-0.3, -0.25) is 0 Å². The van der Waals surface area contributed by atoms with Crippen LogP contribution < -0.4 is 4.74 Å². The third-order valence-electron chi connectivity index (χ3n) is 1.84. The van der Waals surface area contributed by atoms with E-state index in [1.807, 2.05) is 6.07 Å². The highest BCUT2D eigenvalue weighted by Crippen LogP contribution is 2.24. The molecule has 0 fully saturated rings. The van der Waals surface area contributed by atoms with E-state index < -0.39 is 5.97 Å². The van der Waals surface area contributed by atoms with Crippen molar-refractivity contribution in [3.63, 3.8) is 0 Å². The highest BCUT2D eigenvalue weighted by Gasteiger charge is 2.14. The van der Waals surface area contributed by atoms with Crippen LogP contribution >= 0.6 is 0 Å². The van der Waals surface area contributed by atoms with E-state index in [1.54, 1.807) is 13.0 Å². The summed E-state index contributed by atoms with van der Waals surface area (Å²) in [6.45, 7) is 1.70. The van der Waals surface area contributed by atoms with E-state index in [0.29, 0.717) is 16.9 Å². The molecule has 0 unspecified atom stereocenters. The number of carbonyl (C=O) groups is 1. The Bertz CT molecular complexity index is 418. The van der Waals surface area contributed by atoms with Crippen LogP contribution in [0.1, 0.15) is 21.5 Å². The van der Waals surface area contributed by atoms with Gasteiger partial charge in [-0.25, -0.2) is 4.79 Å². The molecule has 4 nitrogen and oxygen atoms in total. The fourth-order valence-electron chi connectivity index (χ4n) is 1.27. The first-order valence-electron chi connectivity index (χ1n) is 3.92. The first kappa shape index (κ1) is 10.1. The Hall–Kier alpha value is -2.02. The predicted molar refractivity (Wildman–Crippen MR) is 49.4 cm³/mol. The summed E-state index contributed by atoms with van der Waals surface area (Å²) in [6, 6.07) is 4.78. The number of nitrogens with zero attached hydrogens (tertiary/aromatic N) is 1. The van der Waals surface area contributed by atoms with Gasteiger partial charge in [-0.1, -0.05) is 0 Å². The number of aromatic carboxylic acids is 1. The van der Waals surface area contributed by atoms with Crippen molar-refractivity contribution < 1.29 is 14.6 Å². The standard InChI is InChI=1S/C10H9NO3/c1-6-3-7(5-11)4-8(10(12)13)9(6)14-2/h3-4H,1-2H3,(H,12,13). The highest BCUT2D eigenvalue weighted by atomic mass is 16.5. The normalized spacial score (nSPS) is 9.21. The number of carboxylic acid groups (broad SMARTS) is 1. The largest absolute Gasteiger partial charge is 0.496 e. The number of nitriles is 1. The summed E-state index contributed by atoms with van der Waals surface area (Å²) in [7, 11) is 1.40. The van der Waals surface area contributed by atoms with Crippen molar-refractivity contribution >= 4 is 5.97 Å². The van der Waals surface area contributed by atoms with E-state index in [0.717, 1.165) is 0 Å². The van der Waals surface area contributed by atoms with E-state index in [9.17, 15) is 4.79 Å². The molecule has 0 saturated heterocycles. The van der Waals surface area contributed by atoms with E-state index in [-0.39, 0.29) is 5.56 Å². The topological polar surface area (TPSA) is 70.3 Å². The molecule has 14 heavy (non-hydrogen) atoms. The summed E-state index contributed by atoms with van der Waals surface area (Å²) in [4.78, 5) is 10.8. The molecule has 0 amide bonds. The van der Waals surface area contributed by atoms with Gasteiger partial charge in [0.25, 0.3) is 0 Å². The Morgan fingerprint density at radius 1 is 1.57 bits per heavy atom. The first-order chi connectivity index (χ1) is 6.60. The molecule has 0 bridgehead atoms. The van der Waals surface area contributed by atoms with Gasteiger partial charge < -0.3 is 9.84 Å². The van der Waals surface area contributed by atoms with Gasteiger partial charge >= 0.3 is 5.97 Å². The van der Waals surface area contributed by atoms with Gasteiger partial charge in [0.2, 0.25) is 0 Å². The second kappa shape index (κ2) is 3.79. The number of hydrogen-bond donors (Lipinski definition) is 1. The minimum atomic E-state index is -1.10. The molecule has 1 rings (SSSR count). The van der Waals surface area contributed by atoms with Crippen LogP contribution in [0.25, 0.3) is 0 Å². The molecule has 0 atom stereocenters. The number of ether oxygens (including phenoxy) is 1. The van der Waals surface area contributed by atoms with Gasteiger partial charge in [0.05, 0.1) is 18.7 Å². The molecule has 4 heteroatoms. The Kier molecular flexibility index (Phi) is 2.73. The molecule has 0 aliphatic heterocycles. The van der Waals surface area contributed by atoms with Gasteiger partial charge in [-0.2, -0.15) is 5.26 Å². The van der Waals surface area contributed by atoms with Crippen molar-refractivity contribution in [1.29, 1.82) is 5.26 Å². The van der Waals surface area contributed by atoms with Gasteiger partial charge in [0.15, 0.2) is 0 Å². The quantitative estimate of drug-likeness (QED) is 0.770. The molecular weight excluding hydrogens is 182 g/mol. The molecule has 0 aliphatic rings. The number of carboxylic acids is 1. The summed E-state index contributed by atoms with van der Waals surface area (Å²) in [5, 5.41) is 17.5. The van der Waals surface area contributed by atoms with Crippen molar-refractivity contribution in [2.24, 2.45) is 0 Å². The predicted octanol–water partition coefficient (Wildman–Crippen LogP) is 1.57. The van der Waals surface area contributed by atoms with Crippen LogP contribution in [0.4, 0.5) is 0 Å². The van der Waals surface area contributed by atoms with Gasteiger partial charge in [0.1, 0.15) is 11.3 Å². The zero-order chi connectivity index (χ0) is 10.7. The smallest absolute Gasteiger partial charge is 0.339 e. The molecule has 0 spiro atoms. The zero-order valence-corrected chi connectivity index (χ0v) is 7.87. The molecule has 1 aromatic carbocycles. The second-order valence-corrected chi connectivity index (χ2v) is 2.79. The fourth-order valence-corrected chi connectivity index (χ4v) is 1.27. The number of methoxy groups -OCH3 is 1. The van der Waals surface area contributed by atoms with Gasteiger partial charge in [0, 0.05) is 0 Å². The summed E-state index contributed by atoms with van der Waals surface area (Å²) in [5.74, 6) is -0.793. The van der Waals surface area contributed by atoms with Crippen molar-refractivity contribution in [2.75, 3.05) is 7.11 Å². The summed E-state index contributed by atoms with van der Waals surface area (Å²) >= 11 is 0. The molecule has 0 aromatic heterocycles. The second-order valence-electron chi connectivity index (χ2n) is 2.79. The SMILES string of the molecule is COc1c(C)cc(C#N)cc1C(=O)O. The third kappa shape index (κ3) is 1.67. The number of hydrogen-bond acceptors (Lipinski definition) is 3. The van der Waals surface area contributed by atoms with Gasteiger partial charge in [-0.15, -0.1) is 0 Å². The number of rotatable bonds is 2. The van der Waals surface area contributed by atoms with Crippen LogP contribution in [0.15, 0.2) is 12.1 Å². The molecule has 1 aromatic rings. The third-order valence-corrected chi connectivity index (χ3v) is 1.84. The molecule has 0 saturated carbocycles. The summed E-state index contributed by atoms with van der Waals surface area (Å²) < 4.78 is 4.95. The minimum Gasteiger partial charge on any atom is -0.496 e. The molecule has 1 N–H and O–H groups in total. The molecule has 0 aliphatic carbocycles. The monoisotopic (exact) mass is 191 g/mol. The lowest BCUT2D eigenvalue weighted by molar-refractivity contribution is 0.0693. The van der Waals surface area contributed by atoms with E-state index in [4.69, 9.17) is 15.1 Å². The Morgan fingerprint density at radius 2 is 2.21 bits per heavy atom. The van der Waals surface area contributed by atoms with Crippen molar-refractivity contribution in [3.8, 4) is 11.8 Å². The first-order valence-corrected chi connectivity index (χ1v) is 3.92. The van der Waals surface area contributed by atoms with E-state index in [1.165, 1.54) is 13.2 Å². The lowest BCUT2D eigenvalue weighted by Gasteiger charge is -2.08. The zero-order valence-electron chi connectivity index (χ0n) is 7.87. The highest BCUT2D eigenvalue weighted by molar-refractivity contribution is 5.92. The maximum atomic E-state index is 10.8.